The lowest BCUT2D eigenvalue weighted by Crippen LogP contribution is -2.38. The molecule has 29 heavy (non-hydrogen) atoms. The molecule has 0 atom stereocenters. The molecule has 4 heterocycles. The van der Waals surface area contributed by atoms with E-state index in [1.54, 1.807) is 12.4 Å². The summed E-state index contributed by atoms with van der Waals surface area (Å²) in [5.74, 6) is -0.0306. The molecule has 0 bridgehead atoms. The maximum Gasteiger partial charge on any atom is 0.255 e. The second-order valence-corrected chi connectivity index (χ2v) is 7.04. The Bertz CT molecular complexity index is 1200. The van der Waals surface area contributed by atoms with Crippen LogP contribution in [-0.4, -0.2) is 42.2 Å². The van der Waals surface area contributed by atoms with Crippen LogP contribution in [0.5, 0.6) is 0 Å². The topological polar surface area (TPSA) is 84.1 Å². The van der Waals surface area contributed by atoms with Crippen LogP contribution >= 0.6 is 0 Å². The van der Waals surface area contributed by atoms with E-state index in [-0.39, 0.29) is 12.5 Å². The third kappa shape index (κ3) is 3.15. The zero-order valence-electron chi connectivity index (χ0n) is 15.7. The number of aliphatic hydroxyl groups is 1. The number of benzene rings is 1. The van der Waals surface area contributed by atoms with Gasteiger partial charge >= 0.3 is 0 Å². The zero-order chi connectivity index (χ0) is 19.8. The summed E-state index contributed by atoms with van der Waals surface area (Å²) >= 11 is 0. The Morgan fingerprint density at radius 2 is 1.90 bits per heavy atom. The molecule has 0 aliphatic carbocycles. The van der Waals surface area contributed by atoms with Crippen LogP contribution in [0, 0.1) is 0 Å². The first kappa shape index (κ1) is 17.5. The monoisotopic (exact) mass is 385 g/mol. The molecule has 3 aromatic heterocycles. The number of rotatable bonds is 3. The summed E-state index contributed by atoms with van der Waals surface area (Å²) < 4.78 is 1.86. The van der Waals surface area contributed by atoms with Crippen molar-refractivity contribution in [1.29, 1.82) is 0 Å². The lowest BCUT2D eigenvalue weighted by atomic mass is 10.0. The lowest BCUT2D eigenvalue weighted by Gasteiger charge is -2.28. The average molecular weight is 385 g/mol. The number of hydrogen-bond donors (Lipinski definition) is 1. The maximum atomic E-state index is 13.5. The average Bonchev–Trinajstić information content (AvgIpc) is 3.21. The number of fused-ring (bicyclic) bond motifs is 2. The molecule has 7 nitrogen and oxygen atoms in total. The molecule has 1 aromatic carbocycles. The Morgan fingerprint density at radius 3 is 2.72 bits per heavy atom. The second kappa shape index (κ2) is 7.10. The van der Waals surface area contributed by atoms with E-state index < -0.39 is 0 Å². The van der Waals surface area contributed by atoms with Gasteiger partial charge in [-0.2, -0.15) is 5.10 Å². The Kier molecular flexibility index (Phi) is 4.29. The van der Waals surface area contributed by atoms with Crippen molar-refractivity contribution in [3.05, 3.63) is 77.9 Å². The molecule has 5 rings (SSSR count). The quantitative estimate of drug-likeness (QED) is 0.586. The standard InChI is InChI=1S/C22H19N5O2/c28-14-16-11-17-13-26(9-10-27(17)25-16)22(29)19-12-21(15-5-7-23-8-6-15)24-20-4-2-1-3-18(19)20/h1-8,11-12,28H,9-10,13-14H2. The number of amides is 1. The van der Waals surface area contributed by atoms with Crippen LogP contribution in [-0.2, 0) is 19.7 Å². The van der Waals surface area contributed by atoms with E-state index in [0.29, 0.717) is 30.9 Å². The third-order valence-electron chi connectivity index (χ3n) is 5.22. The molecule has 7 heteroatoms. The second-order valence-electron chi connectivity index (χ2n) is 7.04. The van der Waals surface area contributed by atoms with Crippen LogP contribution in [0.2, 0.25) is 0 Å². The van der Waals surface area contributed by atoms with Gasteiger partial charge in [0.05, 0.1) is 47.9 Å². The highest BCUT2D eigenvalue weighted by atomic mass is 16.3. The molecule has 1 aliphatic heterocycles. The fraction of sp³-hybridized carbons (Fsp3) is 0.182. The molecule has 1 N–H and O–H groups in total. The van der Waals surface area contributed by atoms with Crippen molar-refractivity contribution in [2.45, 2.75) is 19.7 Å². The molecular formula is C22H19N5O2. The van der Waals surface area contributed by atoms with Crippen molar-refractivity contribution in [2.24, 2.45) is 0 Å². The van der Waals surface area contributed by atoms with Gasteiger partial charge in [-0.3, -0.25) is 14.5 Å². The van der Waals surface area contributed by atoms with Crippen LogP contribution in [0.3, 0.4) is 0 Å². The van der Waals surface area contributed by atoms with Crippen molar-refractivity contribution in [1.82, 2.24) is 24.6 Å². The number of hydrogen-bond acceptors (Lipinski definition) is 5. The predicted molar refractivity (Wildman–Crippen MR) is 108 cm³/mol. The first-order valence-corrected chi connectivity index (χ1v) is 9.49. The SMILES string of the molecule is O=C(c1cc(-c2ccncc2)nc2ccccc12)N1CCn2nc(CO)cc2C1. The van der Waals surface area contributed by atoms with Gasteiger partial charge in [0.25, 0.3) is 5.91 Å². The lowest BCUT2D eigenvalue weighted by molar-refractivity contribution is 0.0708. The number of aliphatic hydroxyl groups excluding tert-OH is 1. The fourth-order valence-corrected chi connectivity index (χ4v) is 3.77. The molecule has 0 fully saturated rings. The van der Waals surface area contributed by atoms with Gasteiger partial charge in [0.1, 0.15) is 0 Å². The van der Waals surface area contributed by atoms with E-state index in [0.717, 1.165) is 27.9 Å². The Morgan fingerprint density at radius 1 is 1.07 bits per heavy atom. The van der Waals surface area contributed by atoms with Crippen LogP contribution in [0.15, 0.2) is 60.9 Å². The third-order valence-corrected chi connectivity index (χ3v) is 5.22. The Balaban J connectivity index is 1.56. The van der Waals surface area contributed by atoms with Crippen molar-refractivity contribution >= 4 is 16.8 Å². The van der Waals surface area contributed by atoms with E-state index >= 15 is 0 Å². The zero-order valence-corrected chi connectivity index (χ0v) is 15.7. The van der Waals surface area contributed by atoms with E-state index in [9.17, 15) is 9.90 Å². The minimum Gasteiger partial charge on any atom is -0.390 e. The van der Waals surface area contributed by atoms with E-state index in [4.69, 9.17) is 4.98 Å². The molecule has 0 saturated carbocycles. The molecular weight excluding hydrogens is 366 g/mol. The molecule has 1 amide bonds. The molecule has 0 radical (unpaired) electrons. The largest absolute Gasteiger partial charge is 0.390 e. The first-order chi connectivity index (χ1) is 14.2. The van der Waals surface area contributed by atoms with E-state index in [1.165, 1.54) is 0 Å². The summed E-state index contributed by atoms with van der Waals surface area (Å²) in [6.45, 7) is 1.55. The van der Waals surface area contributed by atoms with Crippen LogP contribution < -0.4 is 0 Å². The van der Waals surface area contributed by atoms with E-state index in [1.807, 2.05) is 58.1 Å². The normalized spacial score (nSPS) is 13.5. The molecule has 0 saturated heterocycles. The smallest absolute Gasteiger partial charge is 0.255 e. The van der Waals surface area contributed by atoms with Crippen molar-refractivity contribution in [3.8, 4) is 11.3 Å². The van der Waals surface area contributed by atoms with Gasteiger partial charge in [0, 0.05) is 29.9 Å². The molecule has 0 unspecified atom stereocenters. The summed E-state index contributed by atoms with van der Waals surface area (Å²) in [5.41, 5.74) is 4.65. The summed E-state index contributed by atoms with van der Waals surface area (Å²) in [5, 5.41) is 14.5. The number of carbonyl (C=O) groups excluding carboxylic acids is 1. The summed E-state index contributed by atoms with van der Waals surface area (Å²) in [6.07, 6.45) is 3.44. The predicted octanol–water partition coefficient (Wildman–Crippen LogP) is 2.64. The Hall–Kier alpha value is -3.58. The van der Waals surface area contributed by atoms with Gasteiger partial charge in [-0.25, -0.2) is 4.98 Å². The van der Waals surface area contributed by atoms with Crippen molar-refractivity contribution in [3.63, 3.8) is 0 Å². The van der Waals surface area contributed by atoms with Crippen LogP contribution in [0.25, 0.3) is 22.2 Å². The van der Waals surface area contributed by atoms with Gasteiger partial charge in [0.15, 0.2) is 0 Å². The molecule has 1 aliphatic rings. The number of pyridine rings is 2. The first-order valence-electron chi connectivity index (χ1n) is 9.49. The highest BCUT2D eigenvalue weighted by Gasteiger charge is 2.25. The molecule has 4 aromatic rings. The van der Waals surface area contributed by atoms with Gasteiger partial charge in [-0.1, -0.05) is 18.2 Å². The number of carbonyl (C=O) groups is 1. The van der Waals surface area contributed by atoms with Crippen molar-refractivity contribution < 1.29 is 9.90 Å². The Labute approximate surface area is 167 Å². The number of para-hydroxylation sites is 1. The van der Waals surface area contributed by atoms with Gasteiger partial charge in [-0.05, 0) is 30.3 Å². The van der Waals surface area contributed by atoms with Gasteiger partial charge in [-0.15, -0.1) is 0 Å². The van der Waals surface area contributed by atoms with E-state index in [2.05, 4.69) is 10.1 Å². The highest BCUT2D eigenvalue weighted by molar-refractivity contribution is 6.07. The molecule has 144 valence electrons. The minimum absolute atomic E-state index is 0.0306. The van der Waals surface area contributed by atoms with Crippen LogP contribution in [0.4, 0.5) is 0 Å². The van der Waals surface area contributed by atoms with Gasteiger partial charge < -0.3 is 10.0 Å². The summed E-state index contributed by atoms with van der Waals surface area (Å²) in [7, 11) is 0. The van der Waals surface area contributed by atoms with Crippen LogP contribution in [0.1, 0.15) is 21.7 Å². The number of aromatic nitrogens is 4. The summed E-state index contributed by atoms with van der Waals surface area (Å²) in [4.78, 5) is 24.1. The minimum atomic E-state index is -0.0990. The summed E-state index contributed by atoms with van der Waals surface area (Å²) in [6, 6.07) is 15.2. The van der Waals surface area contributed by atoms with Gasteiger partial charge in [0.2, 0.25) is 0 Å². The number of nitrogens with zero attached hydrogens (tertiary/aromatic N) is 5. The fourth-order valence-electron chi connectivity index (χ4n) is 3.77. The molecule has 0 spiro atoms. The van der Waals surface area contributed by atoms with Crippen molar-refractivity contribution in [2.75, 3.05) is 6.54 Å². The highest BCUT2D eigenvalue weighted by Crippen LogP contribution is 2.26. The maximum absolute atomic E-state index is 13.5.